The molecule has 1 N–H and O–H groups in total. The van der Waals surface area contributed by atoms with Gasteiger partial charge in [0.15, 0.2) is 0 Å². The molecule has 3 unspecified atom stereocenters. The molecule has 2 saturated heterocycles. The summed E-state index contributed by atoms with van der Waals surface area (Å²) in [7, 11) is 0. The van der Waals surface area contributed by atoms with Crippen LogP contribution in [0.1, 0.15) is 31.7 Å². The van der Waals surface area contributed by atoms with Crippen LogP contribution in [0.15, 0.2) is 30.3 Å². The zero-order chi connectivity index (χ0) is 15.4. The summed E-state index contributed by atoms with van der Waals surface area (Å²) in [4.78, 5) is 14.3. The zero-order valence-electron chi connectivity index (χ0n) is 12.9. The number of piperidine rings is 1. The van der Waals surface area contributed by atoms with Crippen molar-refractivity contribution in [3.8, 4) is 11.8 Å². The maximum absolute atomic E-state index is 12.3. The minimum absolute atomic E-state index is 0.0218. The van der Waals surface area contributed by atoms with Gasteiger partial charge >= 0.3 is 0 Å². The van der Waals surface area contributed by atoms with Crippen molar-refractivity contribution in [2.75, 3.05) is 12.3 Å². The van der Waals surface area contributed by atoms with E-state index in [4.69, 9.17) is 0 Å². The molecule has 2 aliphatic heterocycles. The van der Waals surface area contributed by atoms with Crippen LogP contribution in [0.5, 0.6) is 0 Å². The van der Waals surface area contributed by atoms with Crippen LogP contribution in [0.25, 0.3) is 0 Å². The molecule has 3 nitrogen and oxygen atoms in total. The SMILES string of the molecule is CC(C1CCCCN1)N1C(=O)CSC1C#Cc1ccccc1. The van der Waals surface area contributed by atoms with Crippen molar-refractivity contribution in [2.24, 2.45) is 0 Å². The number of nitrogens with one attached hydrogen (secondary N) is 1. The molecule has 1 amide bonds. The van der Waals surface area contributed by atoms with Crippen molar-refractivity contribution < 1.29 is 4.79 Å². The molecule has 4 heteroatoms. The lowest BCUT2D eigenvalue weighted by Crippen LogP contribution is -2.52. The molecule has 0 spiro atoms. The molecule has 116 valence electrons. The fraction of sp³-hybridized carbons (Fsp3) is 0.500. The van der Waals surface area contributed by atoms with E-state index in [1.54, 1.807) is 11.8 Å². The van der Waals surface area contributed by atoms with Crippen LogP contribution in [0, 0.1) is 11.8 Å². The highest BCUT2D eigenvalue weighted by Gasteiger charge is 2.37. The van der Waals surface area contributed by atoms with Crippen molar-refractivity contribution in [1.82, 2.24) is 10.2 Å². The molecule has 3 rings (SSSR count). The predicted octanol–water partition coefficient (Wildman–Crippen LogP) is 2.47. The van der Waals surface area contributed by atoms with Crippen LogP contribution >= 0.6 is 11.8 Å². The van der Waals surface area contributed by atoms with Crippen LogP contribution in [0.3, 0.4) is 0 Å². The molecular weight excluding hydrogens is 292 g/mol. The number of nitrogens with zero attached hydrogens (tertiary/aromatic N) is 1. The van der Waals surface area contributed by atoms with E-state index >= 15 is 0 Å². The molecule has 0 aromatic heterocycles. The summed E-state index contributed by atoms with van der Waals surface area (Å²) in [5.41, 5.74) is 1.01. The third-order valence-electron chi connectivity index (χ3n) is 4.39. The van der Waals surface area contributed by atoms with Crippen molar-refractivity contribution in [3.05, 3.63) is 35.9 Å². The van der Waals surface area contributed by atoms with Gasteiger partial charge in [-0.25, -0.2) is 0 Å². The van der Waals surface area contributed by atoms with Gasteiger partial charge in [-0.2, -0.15) is 0 Å². The molecule has 0 saturated carbocycles. The van der Waals surface area contributed by atoms with Gasteiger partial charge in [0.25, 0.3) is 0 Å². The highest BCUT2D eigenvalue weighted by molar-refractivity contribution is 8.01. The highest BCUT2D eigenvalue weighted by atomic mass is 32.2. The number of benzene rings is 1. The summed E-state index contributed by atoms with van der Waals surface area (Å²) in [6, 6.07) is 10.6. The van der Waals surface area contributed by atoms with E-state index in [9.17, 15) is 4.79 Å². The first-order chi connectivity index (χ1) is 10.8. The topological polar surface area (TPSA) is 32.3 Å². The summed E-state index contributed by atoms with van der Waals surface area (Å²) >= 11 is 1.65. The first-order valence-corrected chi connectivity index (χ1v) is 9.03. The molecule has 2 aliphatic rings. The van der Waals surface area contributed by atoms with Gasteiger partial charge < -0.3 is 10.2 Å². The maximum Gasteiger partial charge on any atom is 0.234 e. The Morgan fingerprint density at radius 3 is 2.86 bits per heavy atom. The number of carbonyl (C=O) groups is 1. The van der Waals surface area contributed by atoms with E-state index in [1.807, 2.05) is 35.2 Å². The number of thioether (sulfide) groups is 1. The fourth-order valence-electron chi connectivity index (χ4n) is 3.14. The van der Waals surface area contributed by atoms with Crippen LogP contribution < -0.4 is 5.32 Å². The third-order valence-corrected chi connectivity index (χ3v) is 5.46. The second-order valence-corrected chi connectivity index (χ2v) is 6.97. The summed E-state index contributed by atoms with van der Waals surface area (Å²) < 4.78 is 0. The number of amides is 1. The van der Waals surface area contributed by atoms with Crippen molar-refractivity contribution in [3.63, 3.8) is 0 Å². The second-order valence-electron chi connectivity index (χ2n) is 5.90. The molecule has 0 radical (unpaired) electrons. The predicted molar refractivity (Wildman–Crippen MR) is 91.5 cm³/mol. The number of rotatable bonds is 2. The zero-order valence-corrected chi connectivity index (χ0v) is 13.7. The Labute approximate surface area is 136 Å². The van der Waals surface area contributed by atoms with E-state index in [0.717, 1.165) is 18.5 Å². The van der Waals surface area contributed by atoms with Gasteiger partial charge in [-0.1, -0.05) is 36.5 Å². The molecule has 3 atom stereocenters. The molecule has 0 bridgehead atoms. The van der Waals surface area contributed by atoms with Crippen LogP contribution in [0.2, 0.25) is 0 Å². The van der Waals surface area contributed by atoms with Crippen LogP contribution in [-0.2, 0) is 4.79 Å². The largest absolute Gasteiger partial charge is 0.315 e. The maximum atomic E-state index is 12.3. The molecule has 1 aromatic rings. The number of hydrogen-bond donors (Lipinski definition) is 1. The van der Waals surface area contributed by atoms with Gasteiger partial charge in [0, 0.05) is 17.6 Å². The first kappa shape index (κ1) is 15.5. The lowest BCUT2D eigenvalue weighted by atomic mass is 9.98. The van der Waals surface area contributed by atoms with Crippen LogP contribution in [-0.4, -0.2) is 40.6 Å². The normalized spacial score (nSPS) is 26.4. The lowest BCUT2D eigenvalue weighted by Gasteiger charge is -2.36. The minimum atomic E-state index is -0.0218. The molecule has 22 heavy (non-hydrogen) atoms. The standard InChI is InChI=1S/C18H22N2OS/c1-14(16-9-5-6-12-19-16)20-17(21)13-22-18(20)11-10-15-7-3-2-4-8-15/h2-4,7-8,14,16,18-19H,5-6,9,12-13H2,1H3. The van der Waals surface area contributed by atoms with E-state index in [2.05, 4.69) is 24.1 Å². The van der Waals surface area contributed by atoms with Gasteiger partial charge in [-0.05, 0) is 38.4 Å². The molecule has 1 aromatic carbocycles. The van der Waals surface area contributed by atoms with Crippen molar-refractivity contribution >= 4 is 17.7 Å². The lowest BCUT2D eigenvalue weighted by molar-refractivity contribution is -0.129. The molecule has 2 fully saturated rings. The average molecular weight is 314 g/mol. The monoisotopic (exact) mass is 314 g/mol. The number of hydrogen-bond acceptors (Lipinski definition) is 3. The van der Waals surface area contributed by atoms with Gasteiger partial charge in [0.2, 0.25) is 5.91 Å². The number of carbonyl (C=O) groups excluding carboxylic acids is 1. The van der Waals surface area contributed by atoms with Gasteiger partial charge in [-0.3, -0.25) is 4.79 Å². The highest BCUT2D eigenvalue weighted by Crippen LogP contribution is 2.29. The average Bonchev–Trinajstić information content (AvgIpc) is 2.95. The molecular formula is C18H22N2OS. The Morgan fingerprint density at radius 2 is 2.14 bits per heavy atom. The Morgan fingerprint density at radius 1 is 1.32 bits per heavy atom. The Balaban J connectivity index is 1.73. The second kappa shape index (κ2) is 7.21. The first-order valence-electron chi connectivity index (χ1n) is 7.98. The summed E-state index contributed by atoms with van der Waals surface area (Å²) in [6.45, 7) is 3.22. The summed E-state index contributed by atoms with van der Waals surface area (Å²) in [5.74, 6) is 7.26. The van der Waals surface area contributed by atoms with Crippen LogP contribution in [0.4, 0.5) is 0 Å². The van der Waals surface area contributed by atoms with Crippen molar-refractivity contribution in [2.45, 2.75) is 43.6 Å². The minimum Gasteiger partial charge on any atom is -0.315 e. The van der Waals surface area contributed by atoms with E-state index in [1.165, 1.54) is 12.8 Å². The van der Waals surface area contributed by atoms with E-state index in [0.29, 0.717) is 11.8 Å². The summed E-state index contributed by atoms with van der Waals surface area (Å²) in [6.07, 6.45) is 3.63. The Bertz CT molecular complexity index is 572. The van der Waals surface area contributed by atoms with Gasteiger partial charge in [-0.15, -0.1) is 11.8 Å². The smallest absolute Gasteiger partial charge is 0.234 e. The van der Waals surface area contributed by atoms with E-state index in [-0.39, 0.29) is 17.3 Å². The quantitative estimate of drug-likeness (QED) is 0.851. The Hall–Kier alpha value is -1.44. The summed E-state index contributed by atoms with van der Waals surface area (Å²) in [5, 5.41) is 3.54. The van der Waals surface area contributed by atoms with Gasteiger partial charge in [0.1, 0.15) is 5.37 Å². The fourth-order valence-corrected chi connectivity index (χ4v) is 4.20. The Kier molecular flexibility index (Phi) is 5.07. The molecule has 2 heterocycles. The van der Waals surface area contributed by atoms with Crippen molar-refractivity contribution in [1.29, 1.82) is 0 Å². The van der Waals surface area contributed by atoms with Gasteiger partial charge in [0.05, 0.1) is 5.75 Å². The molecule has 0 aliphatic carbocycles. The third kappa shape index (κ3) is 3.48. The van der Waals surface area contributed by atoms with E-state index < -0.39 is 0 Å².